The van der Waals surface area contributed by atoms with Gasteiger partial charge in [0.15, 0.2) is 0 Å². The predicted octanol–water partition coefficient (Wildman–Crippen LogP) is 3.67. The molecule has 0 saturated carbocycles. The lowest BCUT2D eigenvalue weighted by atomic mass is 10.1. The Hall–Kier alpha value is -1.95. The van der Waals surface area contributed by atoms with Crippen LogP contribution in [0, 0.1) is 6.92 Å². The summed E-state index contributed by atoms with van der Waals surface area (Å²) in [7, 11) is 0. The Morgan fingerprint density at radius 1 is 1.48 bits per heavy atom. The molecule has 1 atom stereocenters. The van der Waals surface area contributed by atoms with Crippen molar-refractivity contribution in [2.24, 2.45) is 0 Å². The number of hydrogen-bond acceptors (Lipinski definition) is 5. The van der Waals surface area contributed by atoms with Gasteiger partial charge in [-0.25, -0.2) is 14.8 Å². The van der Waals surface area contributed by atoms with Crippen molar-refractivity contribution in [1.29, 1.82) is 0 Å². The van der Waals surface area contributed by atoms with Crippen LogP contribution in [0.2, 0.25) is 0 Å². The van der Waals surface area contributed by atoms with Gasteiger partial charge >= 0.3 is 5.97 Å². The molecule has 2 aromatic rings. The smallest absolute Gasteiger partial charge is 0.335 e. The zero-order valence-electron chi connectivity index (χ0n) is 12.4. The maximum absolute atomic E-state index is 11.2. The third kappa shape index (κ3) is 4.01. The van der Waals surface area contributed by atoms with Gasteiger partial charge in [-0.05, 0) is 32.4 Å². The van der Waals surface area contributed by atoms with Gasteiger partial charge in [-0.15, -0.1) is 11.3 Å². The fraction of sp³-hybridized carbons (Fsp3) is 0.400. The number of pyridine rings is 1. The van der Waals surface area contributed by atoms with Gasteiger partial charge < -0.3 is 10.4 Å². The number of rotatable bonds is 6. The van der Waals surface area contributed by atoms with Crippen molar-refractivity contribution in [3.05, 3.63) is 39.5 Å². The molecule has 0 amide bonds. The minimum atomic E-state index is -0.935. The average molecular weight is 305 g/mol. The first-order chi connectivity index (χ1) is 9.99. The summed E-state index contributed by atoms with van der Waals surface area (Å²) >= 11 is 1.62. The summed E-state index contributed by atoms with van der Waals surface area (Å²) < 4.78 is 0. The van der Waals surface area contributed by atoms with Gasteiger partial charge in [-0.3, -0.25) is 0 Å². The quantitative estimate of drug-likeness (QED) is 0.851. The van der Waals surface area contributed by atoms with Gasteiger partial charge in [0.05, 0.1) is 11.6 Å². The standard InChI is InChI=1S/C15H19N3O2S/c1-4-5-12-6-11(15(19)20)7-13(18-12)17-10(3)14-16-8-9(2)21-14/h6-8,10H,4-5H2,1-3H3,(H,17,18)(H,19,20). The molecule has 112 valence electrons. The molecular weight excluding hydrogens is 286 g/mol. The van der Waals surface area contributed by atoms with Crippen LogP contribution in [0.1, 0.15) is 52.2 Å². The molecule has 21 heavy (non-hydrogen) atoms. The predicted molar refractivity (Wildman–Crippen MR) is 84.1 cm³/mol. The number of nitrogens with one attached hydrogen (secondary N) is 1. The van der Waals surface area contributed by atoms with E-state index in [1.165, 1.54) is 0 Å². The number of thiazole rings is 1. The Labute approximate surface area is 128 Å². The lowest BCUT2D eigenvalue weighted by Crippen LogP contribution is -2.10. The summed E-state index contributed by atoms with van der Waals surface area (Å²) in [6, 6.07) is 3.20. The van der Waals surface area contributed by atoms with Crippen LogP contribution in [-0.4, -0.2) is 21.0 Å². The van der Waals surface area contributed by atoms with Gasteiger partial charge in [0, 0.05) is 16.8 Å². The monoisotopic (exact) mass is 305 g/mol. The van der Waals surface area contributed by atoms with E-state index in [0.29, 0.717) is 5.82 Å². The van der Waals surface area contributed by atoms with E-state index in [1.807, 2.05) is 27.0 Å². The Bertz CT molecular complexity index is 640. The number of nitrogens with zero attached hydrogens (tertiary/aromatic N) is 2. The molecular formula is C15H19N3O2S. The Morgan fingerprint density at radius 3 is 2.81 bits per heavy atom. The van der Waals surface area contributed by atoms with Crippen LogP contribution in [0.3, 0.4) is 0 Å². The van der Waals surface area contributed by atoms with Crippen molar-refractivity contribution in [2.75, 3.05) is 5.32 Å². The van der Waals surface area contributed by atoms with E-state index in [1.54, 1.807) is 23.5 Å². The minimum Gasteiger partial charge on any atom is -0.478 e. The molecule has 5 nitrogen and oxygen atoms in total. The van der Waals surface area contributed by atoms with Crippen molar-refractivity contribution in [3.8, 4) is 0 Å². The first kappa shape index (κ1) is 15.4. The molecule has 0 fully saturated rings. The van der Waals surface area contributed by atoms with E-state index in [9.17, 15) is 9.90 Å². The number of anilines is 1. The number of carbonyl (C=O) groups is 1. The van der Waals surface area contributed by atoms with Crippen molar-refractivity contribution < 1.29 is 9.90 Å². The summed E-state index contributed by atoms with van der Waals surface area (Å²) in [5.41, 5.74) is 1.06. The molecule has 6 heteroatoms. The summed E-state index contributed by atoms with van der Waals surface area (Å²) in [6.45, 7) is 6.05. The van der Waals surface area contributed by atoms with Gasteiger partial charge in [-0.1, -0.05) is 13.3 Å². The first-order valence-electron chi connectivity index (χ1n) is 6.92. The number of aromatic carboxylic acids is 1. The van der Waals surface area contributed by atoms with Gasteiger partial charge in [0.2, 0.25) is 0 Å². The molecule has 0 bridgehead atoms. The van der Waals surface area contributed by atoms with E-state index in [-0.39, 0.29) is 11.6 Å². The molecule has 2 N–H and O–H groups in total. The summed E-state index contributed by atoms with van der Waals surface area (Å²) in [6.07, 6.45) is 3.53. The summed E-state index contributed by atoms with van der Waals surface area (Å²) in [4.78, 5) is 21.2. The number of hydrogen-bond donors (Lipinski definition) is 2. The lowest BCUT2D eigenvalue weighted by Gasteiger charge is -2.13. The highest BCUT2D eigenvalue weighted by Crippen LogP contribution is 2.23. The SMILES string of the molecule is CCCc1cc(C(=O)O)cc(NC(C)c2ncc(C)s2)n1. The molecule has 0 aliphatic carbocycles. The fourth-order valence-corrected chi connectivity index (χ4v) is 2.80. The normalized spacial score (nSPS) is 12.1. The summed E-state index contributed by atoms with van der Waals surface area (Å²) in [5, 5.41) is 13.4. The largest absolute Gasteiger partial charge is 0.478 e. The Kier molecular flexibility index (Phi) is 4.90. The van der Waals surface area contributed by atoms with E-state index >= 15 is 0 Å². The first-order valence-corrected chi connectivity index (χ1v) is 7.74. The molecule has 0 spiro atoms. The highest BCUT2D eigenvalue weighted by molar-refractivity contribution is 7.11. The molecule has 0 aromatic carbocycles. The van der Waals surface area contributed by atoms with E-state index in [2.05, 4.69) is 15.3 Å². The number of carboxylic acids is 1. The van der Waals surface area contributed by atoms with Crippen LogP contribution in [0.15, 0.2) is 18.3 Å². The molecule has 0 radical (unpaired) electrons. The van der Waals surface area contributed by atoms with Crippen LogP contribution in [0.25, 0.3) is 0 Å². The van der Waals surface area contributed by atoms with E-state index < -0.39 is 5.97 Å². The fourth-order valence-electron chi connectivity index (χ4n) is 2.03. The van der Waals surface area contributed by atoms with Crippen molar-refractivity contribution >= 4 is 23.1 Å². The van der Waals surface area contributed by atoms with Crippen molar-refractivity contribution in [2.45, 2.75) is 39.7 Å². The van der Waals surface area contributed by atoms with E-state index in [0.717, 1.165) is 28.4 Å². The zero-order chi connectivity index (χ0) is 15.4. The average Bonchev–Trinajstić information content (AvgIpc) is 2.85. The summed E-state index contributed by atoms with van der Waals surface area (Å²) in [5.74, 6) is -0.353. The van der Waals surface area contributed by atoms with Gasteiger partial charge in [0.1, 0.15) is 10.8 Å². The second-order valence-electron chi connectivity index (χ2n) is 4.96. The Balaban J connectivity index is 2.23. The molecule has 0 aliphatic rings. The second kappa shape index (κ2) is 6.67. The highest BCUT2D eigenvalue weighted by Gasteiger charge is 2.13. The van der Waals surface area contributed by atoms with Gasteiger partial charge in [-0.2, -0.15) is 0 Å². The van der Waals surface area contributed by atoms with Crippen LogP contribution in [0.4, 0.5) is 5.82 Å². The maximum Gasteiger partial charge on any atom is 0.335 e. The van der Waals surface area contributed by atoms with E-state index in [4.69, 9.17) is 0 Å². The third-order valence-corrected chi connectivity index (χ3v) is 4.10. The van der Waals surface area contributed by atoms with Crippen molar-refractivity contribution in [3.63, 3.8) is 0 Å². The van der Waals surface area contributed by atoms with Crippen molar-refractivity contribution in [1.82, 2.24) is 9.97 Å². The molecule has 1 unspecified atom stereocenters. The topological polar surface area (TPSA) is 75.1 Å². The number of aromatic nitrogens is 2. The minimum absolute atomic E-state index is 0.00489. The van der Waals surface area contributed by atoms with Crippen LogP contribution in [0.5, 0.6) is 0 Å². The number of aryl methyl sites for hydroxylation is 2. The zero-order valence-corrected chi connectivity index (χ0v) is 13.2. The molecule has 2 aromatic heterocycles. The molecule has 2 heterocycles. The highest BCUT2D eigenvalue weighted by atomic mass is 32.1. The number of carboxylic acid groups (broad SMARTS) is 1. The van der Waals surface area contributed by atoms with Crippen LogP contribution < -0.4 is 5.32 Å². The molecule has 0 aliphatic heterocycles. The third-order valence-electron chi connectivity index (χ3n) is 3.01. The lowest BCUT2D eigenvalue weighted by molar-refractivity contribution is 0.0696. The van der Waals surface area contributed by atoms with Crippen LogP contribution >= 0.6 is 11.3 Å². The molecule has 2 rings (SSSR count). The Morgan fingerprint density at radius 2 is 2.24 bits per heavy atom. The van der Waals surface area contributed by atoms with Gasteiger partial charge in [0.25, 0.3) is 0 Å². The van der Waals surface area contributed by atoms with Crippen LogP contribution in [-0.2, 0) is 6.42 Å². The second-order valence-corrected chi connectivity index (χ2v) is 6.23. The maximum atomic E-state index is 11.2. The molecule has 0 saturated heterocycles.